The molecule has 0 aliphatic carbocycles. The number of carbonyl (C=O) groups excluding carboxylic acids is 1. The number of alkyl halides is 3. The maximum atomic E-state index is 12.7. The molecule has 9 heteroatoms. The van der Waals surface area contributed by atoms with Crippen molar-refractivity contribution in [1.29, 1.82) is 0 Å². The molecule has 3 aromatic carbocycles. The summed E-state index contributed by atoms with van der Waals surface area (Å²) in [7, 11) is 0. The van der Waals surface area contributed by atoms with Crippen molar-refractivity contribution < 1.29 is 32.6 Å². The summed E-state index contributed by atoms with van der Waals surface area (Å²) < 4.78 is 40.8. The van der Waals surface area contributed by atoms with E-state index in [9.17, 15) is 27.9 Å². The minimum absolute atomic E-state index is 0.000567. The highest BCUT2D eigenvalue weighted by molar-refractivity contribution is 5.97. The third-order valence-electron chi connectivity index (χ3n) is 5.52. The van der Waals surface area contributed by atoms with Gasteiger partial charge in [0.25, 0.3) is 5.91 Å². The fourth-order valence-electron chi connectivity index (χ4n) is 3.66. The first-order chi connectivity index (χ1) is 17.7. The molecule has 37 heavy (non-hydrogen) atoms. The van der Waals surface area contributed by atoms with E-state index in [-0.39, 0.29) is 17.7 Å². The number of ether oxygens (including phenoxy) is 1. The molecule has 0 saturated carbocycles. The first-order valence-corrected chi connectivity index (χ1v) is 11.2. The Hall–Kier alpha value is -4.66. The summed E-state index contributed by atoms with van der Waals surface area (Å²) >= 11 is 0. The van der Waals surface area contributed by atoms with Gasteiger partial charge in [0.15, 0.2) is 0 Å². The average Bonchev–Trinajstić information content (AvgIpc) is 2.89. The van der Waals surface area contributed by atoms with E-state index >= 15 is 0 Å². The Kier molecular flexibility index (Phi) is 7.52. The highest BCUT2D eigenvalue weighted by atomic mass is 19.4. The van der Waals surface area contributed by atoms with Crippen LogP contribution in [0.4, 0.5) is 13.2 Å². The van der Waals surface area contributed by atoms with Gasteiger partial charge in [0.05, 0.1) is 0 Å². The molecule has 0 spiro atoms. The molecule has 6 nitrogen and oxygen atoms in total. The molecule has 1 atom stereocenters. The van der Waals surface area contributed by atoms with Crippen LogP contribution in [0.3, 0.4) is 0 Å². The van der Waals surface area contributed by atoms with Crippen molar-refractivity contribution >= 4 is 11.9 Å². The number of carboxylic acids is 1. The molecule has 1 amide bonds. The van der Waals surface area contributed by atoms with Crippen molar-refractivity contribution in [2.75, 3.05) is 0 Å². The maximum absolute atomic E-state index is 12.7. The quantitative estimate of drug-likeness (QED) is 0.318. The summed E-state index contributed by atoms with van der Waals surface area (Å²) in [4.78, 5) is 28.8. The minimum atomic E-state index is -4.77. The number of nitrogens with one attached hydrogen (secondary N) is 1. The Bertz CT molecular complexity index is 1360. The van der Waals surface area contributed by atoms with Gasteiger partial charge in [0, 0.05) is 29.4 Å². The van der Waals surface area contributed by atoms with Gasteiger partial charge in [-0.1, -0.05) is 60.7 Å². The number of aliphatic carboxylic acids is 1. The maximum Gasteiger partial charge on any atom is 0.573 e. The standard InChI is InChI=1S/C28H21F3N2O4/c29-28(30,31)37-24-14-11-20(12-15-24)19-6-8-21(9-7-19)26(34)33-25(27(35)36)16-23-13-10-22(17-32-23)18-4-2-1-3-5-18/h1-15,17,25H,16H2,(H,33,34)(H,35,36). The van der Waals surface area contributed by atoms with E-state index in [4.69, 9.17) is 0 Å². The van der Waals surface area contributed by atoms with Crippen LogP contribution in [0.2, 0.25) is 0 Å². The molecule has 1 aromatic heterocycles. The van der Waals surface area contributed by atoms with Crippen LogP contribution >= 0.6 is 0 Å². The Morgan fingerprint density at radius 3 is 1.92 bits per heavy atom. The van der Waals surface area contributed by atoms with E-state index in [1.807, 2.05) is 36.4 Å². The molecule has 4 rings (SSSR count). The molecule has 1 heterocycles. The molecule has 2 N–H and O–H groups in total. The summed E-state index contributed by atoms with van der Waals surface area (Å²) in [5, 5.41) is 12.1. The van der Waals surface area contributed by atoms with E-state index in [1.54, 1.807) is 24.4 Å². The lowest BCUT2D eigenvalue weighted by molar-refractivity contribution is -0.274. The van der Waals surface area contributed by atoms with Crippen molar-refractivity contribution in [3.63, 3.8) is 0 Å². The Morgan fingerprint density at radius 1 is 0.811 bits per heavy atom. The summed E-state index contributed by atoms with van der Waals surface area (Å²) in [6.45, 7) is 0. The first-order valence-electron chi connectivity index (χ1n) is 11.2. The molecule has 0 saturated heterocycles. The van der Waals surface area contributed by atoms with Gasteiger partial charge in [-0.25, -0.2) is 4.79 Å². The monoisotopic (exact) mass is 506 g/mol. The summed E-state index contributed by atoms with van der Waals surface area (Å²) in [6, 6.07) is 23.6. The number of pyridine rings is 1. The van der Waals surface area contributed by atoms with Crippen LogP contribution in [0.25, 0.3) is 22.3 Å². The van der Waals surface area contributed by atoms with E-state index in [1.165, 1.54) is 36.4 Å². The van der Waals surface area contributed by atoms with Gasteiger partial charge in [-0.2, -0.15) is 0 Å². The molecule has 1 unspecified atom stereocenters. The van der Waals surface area contributed by atoms with E-state index in [0.717, 1.165) is 11.1 Å². The number of carboxylic acid groups (broad SMARTS) is 1. The van der Waals surface area contributed by atoms with Crippen LogP contribution in [0, 0.1) is 0 Å². The zero-order valence-electron chi connectivity index (χ0n) is 19.3. The van der Waals surface area contributed by atoms with Crippen LogP contribution < -0.4 is 10.1 Å². The van der Waals surface area contributed by atoms with Crippen molar-refractivity contribution in [2.45, 2.75) is 18.8 Å². The Balaban J connectivity index is 1.40. The van der Waals surface area contributed by atoms with Crippen molar-refractivity contribution in [1.82, 2.24) is 10.3 Å². The summed E-state index contributed by atoms with van der Waals surface area (Å²) in [5.41, 5.74) is 3.91. The van der Waals surface area contributed by atoms with Crippen molar-refractivity contribution in [3.05, 3.63) is 108 Å². The molecule has 0 radical (unpaired) electrons. The molecule has 0 aliphatic heterocycles. The number of halogens is 3. The second-order valence-electron chi connectivity index (χ2n) is 8.12. The third-order valence-corrected chi connectivity index (χ3v) is 5.52. The number of hydrogen-bond donors (Lipinski definition) is 2. The molecule has 0 bridgehead atoms. The van der Waals surface area contributed by atoms with E-state index in [2.05, 4.69) is 15.0 Å². The van der Waals surface area contributed by atoms with E-state index < -0.39 is 24.3 Å². The van der Waals surface area contributed by atoms with Crippen LogP contribution in [0.1, 0.15) is 16.1 Å². The molecule has 0 aliphatic rings. The largest absolute Gasteiger partial charge is 0.573 e. The fraction of sp³-hybridized carbons (Fsp3) is 0.107. The van der Waals surface area contributed by atoms with Crippen molar-refractivity contribution in [3.8, 4) is 28.0 Å². The molecule has 0 fully saturated rings. The number of aromatic nitrogens is 1. The number of rotatable bonds is 8. The predicted octanol–water partition coefficient (Wildman–Crippen LogP) is 5.74. The average molecular weight is 506 g/mol. The lowest BCUT2D eigenvalue weighted by Crippen LogP contribution is -2.42. The fourth-order valence-corrected chi connectivity index (χ4v) is 3.66. The predicted molar refractivity (Wildman–Crippen MR) is 131 cm³/mol. The highest BCUT2D eigenvalue weighted by Gasteiger charge is 2.31. The van der Waals surface area contributed by atoms with E-state index in [0.29, 0.717) is 16.8 Å². The molecular formula is C28H21F3N2O4. The lowest BCUT2D eigenvalue weighted by Gasteiger charge is -2.15. The van der Waals surface area contributed by atoms with Crippen molar-refractivity contribution in [2.24, 2.45) is 0 Å². The first kappa shape index (κ1) is 25.4. The van der Waals surface area contributed by atoms with Crippen LogP contribution in [0.15, 0.2) is 97.2 Å². The van der Waals surface area contributed by atoms with Gasteiger partial charge in [-0.3, -0.25) is 9.78 Å². The number of nitrogens with zero attached hydrogens (tertiary/aromatic N) is 1. The number of benzene rings is 3. The topological polar surface area (TPSA) is 88.5 Å². The normalized spacial score (nSPS) is 12.0. The second-order valence-corrected chi connectivity index (χ2v) is 8.12. The lowest BCUT2D eigenvalue weighted by atomic mass is 10.0. The van der Waals surface area contributed by atoms with Gasteiger partial charge in [0.2, 0.25) is 0 Å². The number of carbonyl (C=O) groups is 2. The number of hydrogen-bond acceptors (Lipinski definition) is 4. The van der Waals surface area contributed by atoms with Gasteiger partial charge in [0.1, 0.15) is 11.8 Å². The SMILES string of the molecule is O=C(NC(Cc1ccc(-c2ccccc2)cn1)C(=O)O)c1ccc(-c2ccc(OC(F)(F)F)cc2)cc1. The molecule has 188 valence electrons. The van der Waals surface area contributed by atoms with Gasteiger partial charge in [-0.15, -0.1) is 13.2 Å². The third kappa shape index (κ3) is 6.94. The van der Waals surface area contributed by atoms with Gasteiger partial charge >= 0.3 is 12.3 Å². The minimum Gasteiger partial charge on any atom is -0.480 e. The van der Waals surface area contributed by atoms with Crippen LogP contribution in [-0.2, 0) is 11.2 Å². The summed E-state index contributed by atoms with van der Waals surface area (Å²) in [6.07, 6.45) is -3.11. The van der Waals surface area contributed by atoms with Crippen LogP contribution in [-0.4, -0.2) is 34.4 Å². The zero-order valence-corrected chi connectivity index (χ0v) is 19.3. The smallest absolute Gasteiger partial charge is 0.480 e. The highest BCUT2D eigenvalue weighted by Crippen LogP contribution is 2.27. The second kappa shape index (κ2) is 10.9. The molecular weight excluding hydrogens is 485 g/mol. The number of amides is 1. The summed E-state index contributed by atoms with van der Waals surface area (Å²) in [5.74, 6) is -2.11. The van der Waals surface area contributed by atoms with Gasteiger partial charge < -0.3 is 15.2 Å². The van der Waals surface area contributed by atoms with Crippen LogP contribution in [0.5, 0.6) is 5.75 Å². The Morgan fingerprint density at radius 2 is 1.38 bits per heavy atom. The van der Waals surface area contributed by atoms with Gasteiger partial charge in [-0.05, 0) is 47.0 Å². The Labute approximate surface area is 210 Å². The zero-order chi connectivity index (χ0) is 26.4. The molecule has 4 aromatic rings.